The van der Waals surface area contributed by atoms with Crippen molar-refractivity contribution >= 4 is 38.9 Å². The first-order valence-electron chi connectivity index (χ1n) is 8.93. The molecule has 0 fully saturated rings. The summed E-state index contributed by atoms with van der Waals surface area (Å²) >= 11 is 5.87. The summed E-state index contributed by atoms with van der Waals surface area (Å²) in [5, 5.41) is 3.41. The van der Waals surface area contributed by atoms with Gasteiger partial charge < -0.3 is 10.1 Å². The average molecular weight is 423 g/mol. The van der Waals surface area contributed by atoms with Gasteiger partial charge in [-0.3, -0.25) is 9.10 Å². The number of aryl methyl sites for hydroxylation is 1. The molecule has 0 atom stereocenters. The second kappa shape index (κ2) is 7.64. The smallest absolute Gasteiger partial charge is 0.267 e. The molecule has 8 heteroatoms. The van der Waals surface area contributed by atoms with E-state index in [0.29, 0.717) is 28.7 Å². The molecule has 0 unspecified atom stereocenters. The van der Waals surface area contributed by atoms with Gasteiger partial charge in [0.15, 0.2) is 5.60 Å². The Kier molecular flexibility index (Phi) is 5.59. The van der Waals surface area contributed by atoms with Crippen LogP contribution in [0.1, 0.15) is 25.8 Å². The molecule has 6 nitrogen and oxygen atoms in total. The van der Waals surface area contributed by atoms with Gasteiger partial charge in [-0.1, -0.05) is 17.7 Å². The zero-order chi connectivity index (χ0) is 20.5. The van der Waals surface area contributed by atoms with E-state index in [-0.39, 0.29) is 5.91 Å². The Morgan fingerprint density at radius 2 is 1.86 bits per heavy atom. The monoisotopic (exact) mass is 422 g/mol. The van der Waals surface area contributed by atoms with Gasteiger partial charge in [0, 0.05) is 17.3 Å². The van der Waals surface area contributed by atoms with E-state index in [1.807, 2.05) is 6.07 Å². The first-order chi connectivity index (χ1) is 13.1. The SMILES string of the molecule is CC(C)(Oc1ccc(Cl)cc1)C(=O)Nc1ccc2c(c1)N(S(C)(=O)=O)CCC2. The summed E-state index contributed by atoms with van der Waals surface area (Å²) in [6, 6.07) is 12.1. The second-order valence-corrected chi connectivity index (χ2v) is 9.65. The number of fused-ring (bicyclic) bond motifs is 1. The van der Waals surface area contributed by atoms with Crippen LogP contribution < -0.4 is 14.4 Å². The van der Waals surface area contributed by atoms with E-state index in [1.54, 1.807) is 50.2 Å². The molecular formula is C20H23ClN2O4S. The Balaban J connectivity index is 1.79. The molecule has 1 amide bonds. The fraction of sp³-hybridized carbons (Fsp3) is 0.350. The highest BCUT2D eigenvalue weighted by atomic mass is 35.5. The molecule has 0 saturated carbocycles. The van der Waals surface area contributed by atoms with Gasteiger partial charge >= 0.3 is 0 Å². The van der Waals surface area contributed by atoms with E-state index in [9.17, 15) is 13.2 Å². The van der Waals surface area contributed by atoms with Crippen molar-refractivity contribution in [3.63, 3.8) is 0 Å². The maximum Gasteiger partial charge on any atom is 0.267 e. The Bertz CT molecular complexity index is 988. The molecule has 0 aliphatic carbocycles. The number of amides is 1. The molecule has 0 spiro atoms. The molecule has 1 aliphatic heterocycles. The molecule has 0 bridgehead atoms. The topological polar surface area (TPSA) is 75.7 Å². The fourth-order valence-electron chi connectivity index (χ4n) is 3.09. The van der Waals surface area contributed by atoms with Crippen molar-refractivity contribution < 1.29 is 17.9 Å². The van der Waals surface area contributed by atoms with Crippen molar-refractivity contribution in [3.8, 4) is 5.75 Å². The van der Waals surface area contributed by atoms with Crippen LogP contribution in [-0.4, -0.2) is 32.7 Å². The molecule has 1 aliphatic rings. The third kappa shape index (κ3) is 4.59. The molecule has 2 aromatic rings. The molecule has 1 N–H and O–H groups in total. The highest BCUT2D eigenvalue weighted by Gasteiger charge is 2.31. The molecule has 150 valence electrons. The molecule has 3 rings (SSSR count). The van der Waals surface area contributed by atoms with Gasteiger partial charge in [0.25, 0.3) is 5.91 Å². The lowest BCUT2D eigenvalue weighted by molar-refractivity contribution is -0.128. The van der Waals surface area contributed by atoms with E-state index in [0.717, 1.165) is 18.4 Å². The van der Waals surface area contributed by atoms with Gasteiger partial charge in [-0.25, -0.2) is 8.42 Å². The van der Waals surface area contributed by atoms with Gasteiger partial charge in [0.1, 0.15) is 5.75 Å². The number of rotatable bonds is 5. The maximum absolute atomic E-state index is 12.8. The number of nitrogens with one attached hydrogen (secondary N) is 1. The van der Waals surface area contributed by atoms with E-state index >= 15 is 0 Å². The molecule has 1 heterocycles. The number of hydrogen-bond acceptors (Lipinski definition) is 4. The number of hydrogen-bond donors (Lipinski definition) is 1. The minimum atomic E-state index is -3.37. The van der Waals surface area contributed by atoms with Crippen LogP contribution in [0.15, 0.2) is 42.5 Å². The largest absolute Gasteiger partial charge is 0.478 e. The van der Waals surface area contributed by atoms with Gasteiger partial charge in [0.2, 0.25) is 10.0 Å². The van der Waals surface area contributed by atoms with Crippen molar-refractivity contribution in [1.29, 1.82) is 0 Å². The first-order valence-corrected chi connectivity index (χ1v) is 11.2. The third-order valence-electron chi connectivity index (χ3n) is 4.55. The number of benzene rings is 2. The van der Waals surface area contributed by atoms with Crippen LogP contribution in [0.3, 0.4) is 0 Å². The lowest BCUT2D eigenvalue weighted by atomic mass is 10.0. The minimum Gasteiger partial charge on any atom is -0.478 e. The van der Waals surface area contributed by atoms with Crippen LogP contribution >= 0.6 is 11.6 Å². The summed E-state index contributed by atoms with van der Waals surface area (Å²) in [6.45, 7) is 3.77. The van der Waals surface area contributed by atoms with Gasteiger partial charge in [-0.05, 0) is 68.7 Å². The van der Waals surface area contributed by atoms with Crippen molar-refractivity contribution in [3.05, 3.63) is 53.1 Å². The number of ether oxygens (including phenoxy) is 1. The Morgan fingerprint density at radius 3 is 2.50 bits per heavy atom. The number of carbonyl (C=O) groups is 1. The third-order valence-corrected chi connectivity index (χ3v) is 5.98. The molecule has 0 radical (unpaired) electrons. The predicted molar refractivity (Wildman–Crippen MR) is 112 cm³/mol. The van der Waals surface area contributed by atoms with Crippen LogP contribution in [0.2, 0.25) is 5.02 Å². The Labute approximate surface area is 170 Å². The van der Waals surface area contributed by atoms with Gasteiger partial charge in [-0.15, -0.1) is 0 Å². The van der Waals surface area contributed by atoms with Gasteiger partial charge in [0.05, 0.1) is 11.9 Å². The predicted octanol–water partition coefficient (Wildman–Crippen LogP) is 3.85. The summed E-state index contributed by atoms with van der Waals surface area (Å²) in [4.78, 5) is 12.8. The van der Waals surface area contributed by atoms with Crippen LogP contribution in [0, 0.1) is 0 Å². The average Bonchev–Trinajstić information content (AvgIpc) is 2.62. The highest BCUT2D eigenvalue weighted by Crippen LogP contribution is 2.32. The zero-order valence-corrected chi connectivity index (χ0v) is 17.6. The van der Waals surface area contributed by atoms with Crippen molar-refractivity contribution in [1.82, 2.24) is 0 Å². The molecule has 2 aromatic carbocycles. The highest BCUT2D eigenvalue weighted by molar-refractivity contribution is 7.92. The number of nitrogens with zero attached hydrogens (tertiary/aromatic N) is 1. The fourth-order valence-corrected chi connectivity index (χ4v) is 4.20. The van der Waals surface area contributed by atoms with E-state index in [1.165, 1.54) is 10.6 Å². The van der Waals surface area contributed by atoms with Crippen molar-refractivity contribution in [2.75, 3.05) is 22.4 Å². The minimum absolute atomic E-state index is 0.343. The number of anilines is 2. The number of halogens is 1. The Hall–Kier alpha value is -2.25. The van der Waals surface area contributed by atoms with E-state index < -0.39 is 15.6 Å². The standard InChI is InChI=1S/C20H23ClN2O4S/c1-20(2,27-17-10-7-15(21)8-11-17)19(24)22-16-9-6-14-5-4-12-23(18(14)13-16)28(3,25)26/h6-11,13H,4-5,12H2,1-3H3,(H,22,24). The van der Waals surface area contributed by atoms with Gasteiger partial charge in [-0.2, -0.15) is 0 Å². The summed E-state index contributed by atoms with van der Waals surface area (Å²) < 4.78 is 31.3. The molecule has 0 saturated heterocycles. The normalized spacial score (nSPS) is 14.4. The molecule has 0 aromatic heterocycles. The summed E-state index contributed by atoms with van der Waals surface area (Å²) in [6.07, 6.45) is 2.77. The van der Waals surface area contributed by atoms with E-state index in [2.05, 4.69) is 5.32 Å². The quantitative estimate of drug-likeness (QED) is 0.794. The van der Waals surface area contributed by atoms with Crippen LogP contribution in [0.5, 0.6) is 5.75 Å². The van der Waals surface area contributed by atoms with Crippen LogP contribution in [0.25, 0.3) is 0 Å². The summed E-state index contributed by atoms with van der Waals surface area (Å²) in [7, 11) is -3.37. The van der Waals surface area contributed by atoms with Crippen molar-refractivity contribution in [2.24, 2.45) is 0 Å². The number of carbonyl (C=O) groups excluding carboxylic acids is 1. The second-order valence-electron chi connectivity index (χ2n) is 7.30. The lowest BCUT2D eigenvalue weighted by Crippen LogP contribution is -2.42. The Morgan fingerprint density at radius 1 is 1.18 bits per heavy atom. The maximum atomic E-state index is 12.8. The van der Waals surface area contributed by atoms with E-state index in [4.69, 9.17) is 16.3 Å². The lowest BCUT2D eigenvalue weighted by Gasteiger charge is -2.30. The number of sulfonamides is 1. The van der Waals surface area contributed by atoms with Crippen molar-refractivity contribution in [2.45, 2.75) is 32.3 Å². The molecular weight excluding hydrogens is 400 g/mol. The van der Waals surface area contributed by atoms with Crippen LogP contribution in [0.4, 0.5) is 11.4 Å². The zero-order valence-electron chi connectivity index (χ0n) is 16.0. The summed E-state index contributed by atoms with van der Waals surface area (Å²) in [5.74, 6) is 0.183. The molecule has 28 heavy (non-hydrogen) atoms. The summed E-state index contributed by atoms with van der Waals surface area (Å²) in [5.41, 5.74) is 0.946. The first kappa shape index (κ1) is 20.5. The van der Waals surface area contributed by atoms with Crippen LogP contribution in [-0.2, 0) is 21.2 Å².